The second-order valence-electron chi connectivity index (χ2n) is 20.0. The fraction of sp³-hybridized carbons (Fsp3) is 0.596. The molecule has 1 spiro atoms. The number of nitrogens with zero attached hydrogens (tertiary/aromatic N) is 5. The van der Waals surface area contributed by atoms with Crippen LogP contribution in [0.1, 0.15) is 87.8 Å². The molecule has 7 aliphatic heterocycles. The van der Waals surface area contributed by atoms with E-state index in [4.69, 9.17) is 33.7 Å². The van der Waals surface area contributed by atoms with Crippen molar-refractivity contribution in [2.45, 2.75) is 102 Å². The summed E-state index contributed by atoms with van der Waals surface area (Å²) in [6.07, 6.45) is 4.50. The average molecular weight is 880 g/mol. The molecule has 63 heavy (non-hydrogen) atoms. The Morgan fingerprint density at radius 3 is 2.60 bits per heavy atom. The van der Waals surface area contributed by atoms with Gasteiger partial charge >= 0.3 is 5.97 Å². The lowest BCUT2D eigenvalue weighted by molar-refractivity contribution is -0.203. The van der Waals surface area contributed by atoms with Gasteiger partial charge in [0.2, 0.25) is 0 Å². The Labute approximate surface area is 371 Å². The predicted molar refractivity (Wildman–Crippen MR) is 233 cm³/mol. The Kier molecular flexibility index (Phi) is 10.1. The second-order valence-corrected chi connectivity index (χ2v) is 20.9. The molecule has 8 aliphatic rings. The van der Waals surface area contributed by atoms with E-state index in [9.17, 15) is 9.59 Å². The summed E-state index contributed by atoms with van der Waals surface area (Å²) in [5.74, 6) is -0.664. The van der Waals surface area contributed by atoms with E-state index in [1.165, 1.54) is 16.3 Å². The Hall–Kier alpha value is -4.29. The third-order valence-electron chi connectivity index (χ3n) is 14.8. The first kappa shape index (κ1) is 41.4. The second kappa shape index (κ2) is 15.4. The van der Waals surface area contributed by atoms with E-state index in [-0.39, 0.29) is 42.1 Å². The number of carbonyl (C=O) groups excluding carboxylic acids is 3. The maximum atomic E-state index is 15.1. The van der Waals surface area contributed by atoms with E-state index in [0.29, 0.717) is 84.1 Å². The van der Waals surface area contributed by atoms with Crippen LogP contribution in [0.25, 0.3) is 33.4 Å². The first-order chi connectivity index (χ1) is 30.3. The minimum Gasteiger partial charge on any atom is -0.464 e. The number of hydrogen-bond donors (Lipinski definition) is 2. The van der Waals surface area contributed by atoms with Crippen molar-refractivity contribution in [3.63, 3.8) is 0 Å². The number of carbonyl (C=O) groups is 3. The summed E-state index contributed by atoms with van der Waals surface area (Å²) in [6, 6.07) is 8.42. The van der Waals surface area contributed by atoms with Crippen molar-refractivity contribution in [3.05, 3.63) is 58.2 Å². The molecule has 7 fully saturated rings. The van der Waals surface area contributed by atoms with Gasteiger partial charge in [0.1, 0.15) is 22.7 Å². The molecule has 0 unspecified atom stereocenters. The van der Waals surface area contributed by atoms with Crippen LogP contribution in [0, 0.1) is 16.7 Å². The molecule has 334 valence electrons. The van der Waals surface area contributed by atoms with Crippen LogP contribution in [0.4, 0.5) is 0 Å². The van der Waals surface area contributed by atoms with E-state index in [0.717, 1.165) is 49.7 Å². The number of hydrazine groups is 1. The highest BCUT2D eigenvalue weighted by atomic mass is 32.1. The molecular formula is C47H57N7O8S. The van der Waals surface area contributed by atoms with Crippen molar-refractivity contribution < 1.29 is 38.1 Å². The normalized spacial score (nSPS) is 30.7. The number of aromatic nitrogens is 3. The third kappa shape index (κ3) is 6.93. The van der Waals surface area contributed by atoms with Gasteiger partial charge < -0.3 is 33.6 Å². The standard InChI is InChI=1S/C47H57N7O8S/c1-26-29-15-47(16-29,62-26)44(57)50-38-40(52-21-46(22-52)24-60-25-46)41-49-35(20-63-41)28-10-11-36-32(14-28)33(17-45(3,4)23-61-43(56)34-9-7-13-53(51-34)42(38)55)39(54(36)30-18-59-19-30)31-8-6-12-48-37(31)27(2)58-5/h6,8,10-12,14,20,26-27,29-30,34,38,40,51H,7,9,13,15-19,21-25H2,1-5H3,(H,50,57)/t26-,27-,29?,34-,38-,40-,47?/m0/s1. The van der Waals surface area contributed by atoms with Crippen molar-refractivity contribution in [2.24, 2.45) is 16.7 Å². The SMILES string of the molecule is CO[C@@H](C)c1ncccc1-c1c2c3cc(ccc3n1C1COC1)-c1csc(n1)[C@@H](N1CC3(COC3)C1)[C@H](NC(=O)C13CC(C1)[C@H](C)O3)C(=O)N1CCC[C@H](N1)C(=O)OCC(C)(C)C2. The van der Waals surface area contributed by atoms with E-state index in [2.05, 4.69) is 63.7 Å². The smallest absolute Gasteiger partial charge is 0.324 e. The number of rotatable bonds is 7. The molecule has 3 aromatic heterocycles. The number of cyclic esters (lactones) is 1. The van der Waals surface area contributed by atoms with E-state index in [1.807, 2.05) is 26.1 Å². The number of thiazole rings is 1. The first-order valence-electron chi connectivity index (χ1n) is 22.6. The van der Waals surface area contributed by atoms with Gasteiger partial charge in [-0.1, -0.05) is 19.9 Å². The van der Waals surface area contributed by atoms with Gasteiger partial charge in [0.15, 0.2) is 0 Å². The van der Waals surface area contributed by atoms with Gasteiger partial charge in [-0.15, -0.1) is 11.3 Å². The zero-order valence-electron chi connectivity index (χ0n) is 36.7. The topological polar surface area (TPSA) is 159 Å². The highest BCUT2D eigenvalue weighted by Gasteiger charge is 2.62. The van der Waals surface area contributed by atoms with E-state index < -0.39 is 35.1 Å². The molecule has 5 atom stereocenters. The van der Waals surface area contributed by atoms with Crippen LogP contribution in [0.2, 0.25) is 0 Å². The summed E-state index contributed by atoms with van der Waals surface area (Å²) in [5.41, 5.74) is 8.64. The van der Waals surface area contributed by atoms with Gasteiger partial charge in [-0.3, -0.25) is 29.3 Å². The molecule has 10 heterocycles. The first-order valence-corrected chi connectivity index (χ1v) is 23.5. The molecule has 1 aliphatic carbocycles. The number of benzene rings is 1. The maximum Gasteiger partial charge on any atom is 0.324 e. The summed E-state index contributed by atoms with van der Waals surface area (Å²) in [6.45, 7) is 12.7. The van der Waals surface area contributed by atoms with Crippen molar-refractivity contribution in [1.29, 1.82) is 0 Å². The summed E-state index contributed by atoms with van der Waals surface area (Å²) >= 11 is 1.51. The van der Waals surface area contributed by atoms with Crippen LogP contribution >= 0.6 is 11.3 Å². The van der Waals surface area contributed by atoms with Crippen LogP contribution in [0.15, 0.2) is 41.9 Å². The Bertz CT molecular complexity index is 2460. The fourth-order valence-electron chi connectivity index (χ4n) is 11.1. The van der Waals surface area contributed by atoms with Gasteiger partial charge in [0.05, 0.1) is 74.4 Å². The van der Waals surface area contributed by atoms with E-state index >= 15 is 4.79 Å². The molecule has 12 rings (SSSR count). The average Bonchev–Trinajstić information content (AvgIpc) is 3.99. The van der Waals surface area contributed by atoms with Gasteiger partial charge in [-0.2, -0.15) is 0 Å². The van der Waals surface area contributed by atoms with Crippen LogP contribution < -0.4 is 10.7 Å². The zero-order chi connectivity index (χ0) is 43.4. The number of amides is 2. The highest BCUT2D eigenvalue weighted by molar-refractivity contribution is 7.10. The van der Waals surface area contributed by atoms with Crippen molar-refractivity contribution in [2.75, 3.05) is 59.8 Å². The van der Waals surface area contributed by atoms with Crippen LogP contribution in [0.5, 0.6) is 0 Å². The number of methoxy groups -OCH3 is 1. The molecule has 1 saturated carbocycles. The minimum atomic E-state index is -1.01. The number of fused-ring (bicyclic) bond motifs is 7. The minimum absolute atomic E-state index is 0.0170. The molecule has 1 aromatic carbocycles. The van der Waals surface area contributed by atoms with Crippen LogP contribution in [-0.4, -0.2) is 126 Å². The Balaban J connectivity index is 1.07. The molecule has 2 N–H and O–H groups in total. The van der Waals surface area contributed by atoms with Gasteiger partial charge in [-0.25, -0.2) is 10.4 Å². The van der Waals surface area contributed by atoms with Gasteiger partial charge in [0.25, 0.3) is 11.8 Å². The van der Waals surface area contributed by atoms with Crippen molar-refractivity contribution in [1.82, 2.24) is 35.2 Å². The maximum absolute atomic E-state index is 15.1. The molecule has 15 nitrogen and oxygen atoms in total. The Morgan fingerprint density at radius 2 is 1.90 bits per heavy atom. The van der Waals surface area contributed by atoms with Gasteiger partial charge in [-0.05, 0) is 81.7 Å². The van der Waals surface area contributed by atoms with Crippen molar-refractivity contribution in [3.8, 4) is 22.5 Å². The Morgan fingerprint density at radius 1 is 1.10 bits per heavy atom. The summed E-state index contributed by atoms with van der Waals surface area (Å²) < 4.78 is 32.3. The summed E-state index contributed by atoms with van der Waals surface area (Å²) in [7, 11) is 1.70. The predicted octanol–water partition coefficient (Wildman–Crippen LogP) is 5.15. The van der Waals surface area contributed by atoms with E-state index in [1.54, 1.807) is 7.11 Å². The molecule has 8 bridgehead atoms. The third-order valence-corrected chi connectivity index (χ3v) is 15.7. The summed E-state index contributed by atoms with van der Waals surface area (Å²) in [4.78, 5) is 56.1. The number of esters is 1. The molecule has 16 heteroatoms. The molecular weight excluding hydrogens is 823 g/mol. The molecule has 2 amide bonds. The quantitative estimate of drug-likeness (QED) is 0.236. The number of ether oxygens (including phenoxy) is 5. The number of nitrogens with one attached hydrogen (secondary N) is 2. The number of likely N-dealkylation sites (tertiary alicyclic amines) is 1. The largest absolute Gasteiger partial charge is 0.464 e. The van der Waals surface area contributed by atoms with Crippen LogP contribution in [0.3, 0.4) is 0 Å². The molecule has 0 radical (unpaired) electrons. The molecule has 4 aromatic rings. The fourth-order valence-corrected chi connectivity index (χ4v) is 12.1. The zero-order valence-corrected chi connectivity index (χ0v) is 37.5. The number of pyridine rings is 1. The van der Waals surface area contributed by atoms with Gasteiger partial charge in [0, 0.05) is 71.2 Å². The van der Waals surface area contributed by atoms with Crippen molar-refractivity contribution >= 4 is 40.0 Å². The lowest BCUT2D eigenvalue weighted by Crippen LogP contribution is -2.70. The highest BCUT2D eigenvalue weighted by Crippen LogP contribution is 2.53. The lowest BCUT2D eigenvalue weighted by atomic mass is 9.72. The lowest BCUT2D eigenvalue weighted by Gasteiger charge is -2.58. The molecule has 6 saturated heterocycles. The monoisotopic (exact) mass is 879 g/mol. The van der Waals surface area contributed by atoms with Crippen LogP contribution in [-0.2, 0) is 44.5 Å². The number of hydrogen-bond acceptors (Lipinski definition) is 13. The summed E-state index contributed by atoms with van der Waals surface area (Å²) in [5, 5.41) is 8.66.